The van der Waals surface area contributed by atoms with Crippen molar-refractivity contribution in [1.82, 2.24) is 8.87 Å². The molecule has 0 radical (unpaired) electrons. The van der Waals surface area contributed by atoms with Crippen molar-refractivity contribution in [3.05, 3.63) is 53.4 Å². The minimum atomic E-state index is -0.908. The summed E-state index contributed by atoms with van der Waals surface area (Å²) in [4.78, 5) is 8.45. The highest BCUT2D eigenvalue weighted by atomic mass is 127. The van der Waals surface area contributed by atoms with Gasteiger partial charge >= 0.3 is 0 Å². The lowest BCUT2D eigenvalue weighted by molar-refractivity contribution is 0.510. The molecule has 1 aliphatic heterocycles. The molecule has 0 aliphatic carbocycles. The van der Waals surface area contributed by atoms with E-state index in [2.05, 4.69) is 37.9 Å². The molecule has 4 nitrogen and oxygen atoms in total. The van der Waals surface area contributed by atoms with Crippen molar-refractivity contribution in [3.8, 4) is 0 Å². The molecule has 9 heteroatoms. The Morgan fingerprint density at radius 1 is 1.36 bits per heavy atom. The molecule has 1 aliphatic rings. The van der Waals surface area contributed by atoms with Gasteiger partial charge in [-0.05, 0) is 18.9 Å². The third-order valence-corrected chi connectivity index (χ3v) is 5.65. The van der Waals surface area contributed by atoms with Gasteiger partial charge in [0.1, 0.15) is 11.8 Å². The van der Waals surface area contributed by atoms with Crippen molar-refractivity contribution < 1.29 is 8.78 Å². The van der Waals surface area contributed by atoms with E-state index in [-0.39, 0.29) is 6.00 Å². The van der Waals surface area contributed by atoms with E-state index < -0.39 is 11.6 Å². The third-order valence-electron chi connectivity index (χ3n) is 3.81. The summed E-state index contributed by atoms with van der Waals surface area (Å²) in [5.74, 6) is -1.16. The second-order valence-electron chi connectivity index (χ2n) is 5.17. The summed E-state index contributed by atoms with van der Waals surface area (Å²) in [7, 11) is 3.20. The molecule has 2 heterocycles. The lowest BCUT2D eigenvalue weighted by Crippen LogP contribution is -2.14. The van der Waals surface area contributed by atoms with E-state index in [0.29, 0.717) is 28.0 Å². The van der Waals surface area contributed by atoms with Crippen molar-refractivity contribution >= 4 is 71.1 Å². The molecule has 0 N–H and O–H groups in total. The Kier molecular flexibility index (Phi) is 5.49. The van der Waals surface area contributed by atoms with Crippen molar-refractivity contribution in [1.29, 1.82) is 0 Å². The number of aryl methyl sites for hydroxylation is 1. The van der Waals surface area contributed by atoms with E-state index in [1.165, 1.54) is 21.3 Å². The second-order valence-corrected chi connectivity index (χ2v) is 7.12. The van der Waals surface area contributed by atoms with Crippen LogP contribution in [0.1, 0.15) is 5.56 Å². The number of alkyl halides is 1. The number of aromatic nitrogens is 1. The van der Waals surface area contributed by atoms with E-state index in [1.807, 2.05) is 16.6 Å². The molecule has 0 unspecified atom stereocenters. The van der Waals surface area contributed by atoms with Crippen LogP contribution in [-0.2, 0) is 7.05 Å². The summed E-state index contributed by atoms with van der Waals surface area (Å²) in [6, 6.07) is 2.44. The topological polar surface area (TPSA) is 32.9 Å². The summed E-state index contributed by atoms with van der Waals surface area (Å²) in [6.45, 7) is 3.65. The number of hydrogen-bond acceptors (Lipinski definition) is 3. The van der Waals surface area contributed by atoms with Crippen LogP contribution in [0.5, 0.6) is 0 Å². The molecule has 0 saturated carbocycles. The van der Waals surface area contributed by atoms with Crippen LogP contribution in [0.2, 0.25) is 0 Å². The zero-order valence-electron chi connectivity index (χ0n) is 13.0. The molecular weight excluding hydrogens is 481 g/mol. The van der Waals surface area contributed by atoms with Gasteiger partial charge in [-0.15, -0.1) is 11.6 Å². The van der Waals surface area contributed by atoms with E-state index >= 15 is 0 Å². The molecule has 0 atom stereocenters. The molecule has 0 fully saturated rings. The summed E-state index contributed by atoms with van der Waals surface area (Å²) >= 11 is 7.92. The first-order valence-electron chi connectivity index (χ1n) is 7.04. The van der Waals surface area contributed by atoms with E-state index in [0.717, 1.165) is 5.57 Å². The Morgan fingerprint density at radius 2 is 2.08 bits per heavy atom. The van der Waals surface area contributed by atoms with Gasteiger partial charge in [-0.1, -0.05) is 0 Å². The molecule has 0 amide bonds. The quantitative estimate of drug-likeness (QED) is 0.191. The average molecular weight is 493 g/mol. The second kappa shape index (κ2) is 7.46. The van der Waals surface area contributed by atoms with Crippen LogP contribution in [0.25, 0.3) is 16.6 Å². The van der Waals surface area contributed by atoms with E-state index in [4.69, 9.17) is 11.6 Å². The Hall–Kier alpha value is -1.39. The standard InChI is InChI=1S/C16H12ClF2IN4S/c1-21-15(9-3-4-24(25-20)16(9)22-8-17)11-7-23(2)14-6-13(19)12(18)5-10(11)14/h3-7H,1,8H2,2H3/b15-9-,22-16+. The Balaban J connectivity index is 2.28. The molecule has 3 rings (SSSR count). The third kappa shape index (κ3) is 3.22. The number of hydrogen-bond donors (Lipinski definition) is 0. The molecule has 25 heavy (non-hydrogen) atoms. The van der Waals surface area contributed by atoms with Gasteiger partial charge in [-0.25, -0.2) is 8.78 Å². The summed E-state index contributed by atoms with van der Waals surface area (Å²) in [5, 5.41) is 0.551. The van der Waals surface area contributed by atoms with Crippen molar-refractivity contribution in [2.24, 2.45) is 17.0 Å². The molecule has 2 aromatic rings. The van der Waals surface area contributed by atoms with Gasteiger partial charge in [0.2, 0.25) is 0 Å². The number of nitrogens with zero attached hydrogens (tertiary/aromatic N) is 4. The molecule has 1 aromatic heterocycles. The fourth-order valence-corrected chi connectivity index (χ4v) is 4.13. The maximum Gasteiger partial charge on any atom is 0.160 e. The number of halogens is 4. The maximum absolute atomic E-state index is 13.8. The minimum Gasteiger partial charge on any atom is -0.350 e. The number of amidine groups is 1. The molecule has 0 saturated heterocycles. The van der Waals surface area contributed by atoms with Crippen LogP contribution in [0.3, 0.4) is 0 Å². The van der Waals surface area contributed by atoms with Gasteiger partial charge in [-0.2, -0.15) is 0 Å². The summed E-state index contributed by atoms with van der Waals surface area (Å²) in [6.07, 6.45) is 5.46. The fraction of sp³-hybridized carbons (Fsp3) is 0.125. The number of benzene rings is 1. The van der Waals surface area contributed by atoms with Crippen LogP contribution in [0, 0.1) is 11.6 Å². The SMILES string of the molecule is C=N/C(=C1/C=CN(SI)/C1=N/CCl)c1cn(C)c2cc(F)c(F)cc12. The molecule has 0 spiro atoms. The number of rotatable bonds is 4. The first-order valence-corrected chi connectivity index (χ1v) is 10.9. The predicted molar refractivity (Wildman–Crippen MR) is 110 cm³/mol. The van der Waals surface area contributed by atoms with Crippen LogP contribution in [0.4, 0.5) is 8.78 Å². The van der Waals surface area contributed by atoms with Gasteiger partial charge in [0.15, 0.2) is 11.6 Å². The normalized spacial score (nSPS) is 17.8. The van der Waals surface area contributed by atoms with Crippen LogP contribution < -0.4 is 0 Å². The highest BCUT2D eigenvalue weighted by Crippen LogP contribution is 2.36. The average Bonchev–Trinajstić information content (AvgIpc) is 3.12. The molecule has 130 valence electrons. The van der Waals surface area contributed by atoms with Gasteiger partial charge in [0.25, 0.3) is 0 Å². The van der Waals surface area contributed by atoms with Crippen molar-refractivity contribution in [2.45, 2.75) is 0 Å². The van der Waals surface area contributed by atoms with E-state index in [1.54, 1.807) is 17.8 Å². The molecule has 0 bridgehead atoms. The molecular formula is C16H12ClF2IN4S. The number of aliphatic imine (C=N–C) groups is 2. The minimum absolute atomic E-state index is 0.0913. The first kappa shape index (κ1) is 18.4. The van der Waals surface area contributed by atoms with Gasteiger partial charge in [0, 0.05) is 72.4 Å². The lowest BCUT2D eigenvalue weighted by atomic mass is 10.1. The molecule has 1 aromatic carbocycles. The first-order chi connectivity index (χ1) is 12.0. The Labute approximate surface area is 164 Å². The summed E-state index contributed by atoms with van der Waals surface area (Å²) < 4.78 is 30.9. The maximum atomic E-state index is 13.8. The van der Waals surface area contributed by atoms with Gasteiger partial charge < -0.3 is 4.57 Å². The largest absolute Gasteiger partial charge is 0.350 e. The number of fused-ring (bicyclic) bond motifs is 1. The van der Waals surface area contributed by atoms with E-state index in [9.17, 15) is 8.78 Å². The van der Waals surface area contributed by atoms with Crippen molar-refractivity contribution in [2.75, 3.05) is 6.00 Å². The highest BCUT2D eigenvalue weighted by molar-refractivity contribution is 14.2. The Bertz CT molecular complexity index is 951. The zero-order chi connectivity index (χ0) is 18.1. The fourth-order valence-electron chi connectivity index (χ4n) is 2.74. The zero-order valence-corrected chi connectivity index (χ0v) is 16.7. The van der Waals surface area contributed by atoms with Crippen LogP contribution >= 0.6 is 41.9 Å². The Morgan fingerprint density at radius 3 is 2.72 bits per heavy atom. The van der Waals surface area contributed by atoms with Crippen LogP contribution in [-0.4, -0.2) is 27.4 Å². The van der Waals surface area contributed by atoms with Gasteiger partial charge in [0.05, 0.1) is 11.2 Å². The van der Waals surface area contributed by atoms with Crippen molar-refractivity contribution in [3.63, 3.8) is 0 Å². The predicted octanol–water partition coefficient (Wildman–Crippen LogP) is 5.29. The van der Waals surface area contributed by atoms with Gasteiger partial charge in [-0.3, -0.25) is 14.3 Å². The van der Waals surface area contributed by atoms with Crippen LogP contribution in [0.15, 0.2) is 46.2 Å². The highest BCUT2D eigenvalue weighted by Gasteiger charge is 2.24. The lowest BCUT2D eigenvalue weighted by Gasteiger charge is -2.13. The smallest absolute Gasteiger partial charge is 0.160 e. The monoisotopic (exact) mass is 492 g/mol. The summed E-state index contributed by atoms with van der Waals surface area (Å²) in [5.41, 5.74) is 2.46.